The zero-order chi connectivity index (χ0) is 17.8. The first-order chi connectivity index (χ1) is 12.0. The van der Waals surface area contributed by atoms with E-state index in [1.165, 1.54) is 0 Å². The van der Waals surface area contributed by atoms with Crippen molar-refractivity contribution in [3.8, 4) is 5.75 Å². The van der Waals surface area contributed by atoms with Crippen LogP contribution in [0.25, 0.3) is 0 Å². The smallest absolute Gasteiger partial charge is 0.341 e. The summed E-state index contributed by atoms with van der Waals surface area (Å²) < 4.78 is 10.5. The largest absolute Gasteiger partial charge is 0.482 e. The number of anilines is 1. The monoisotopic (exact) mass is 344 g/mol. The Morgan fingerprint density at radius 3 is 2.84 bits per heavy atom. The lowest BCUT2D eigenvalue weighted by atomic mass is 10.1. The molecule has 0 spiro atoms. The van der Waals surface area contributed by atoms with Crippen molar-refractivity contribution in [2.24, 2.45) is 0 Å². The van der Waals surface area contributed by atoms with E-state index in [1.54, 1.807) is 18.2 Å². The SMILES string of the molecule is Cc1cc(OCC(=O)O)ccc1NC(=O)c1noc2c1CCCCC2. The molecule has 0 radical (unpaired) electrons. The van der Waals surface area contributed by atoms with E-state index < -0.39 is 12.6 Å². The summed E-state index contributed by atoms with van der Waals surface area (Å²) in [6, 6.07) is 4.99. The first kappa shape index (κ1) is 17.0. The number of nitrogens with one attached hydrogen (secondary N) is 1. The summed E-state index contributed by atoms with van der Waals surface area (Å²) >= 11 is 0. The van der Waals surface area contributed by atoms with E-state index >= 15 is 0 Å². The molecule has 0 unspecified atom stereocenters. The minimum atomic E-state index is -1.04. The van der Waals surface area contributed by atoms with Crippen LogP contribution in [-0.2, 0) is 17.6 Å². The normalized spacial score (nSPS) is 13.6. The number of rotatable bonds is 5. The van der Waals surface area contributed by atoms with Crippen LogP contribution < -0.4 is 10.1 Å². The number of amides is 1. The van der Waals surface area contributed by atoms with E-state index in [1.807, 2.05) is 6.92 Å². The van der Waals surface area contributed by atoms with Crippen molar-refractivity contribution in [2.75, 3.05) is 11.9 Å². The number of fused-ring (bicyclic) bond motifs is 1. The van der Waals surface area contributed by atoms with Crippen LogP contribution in [0.1, 0.15) is 46.6 Å². The van der Waals surface area contributed by atoms with Crippen LogP contribution in [0, 0.1) is 6.92 Å². The first-order valence-electron chi connectivity index (χ1n) is 8.28. The Labute approximate surface area is 145 Å². The van der Waals surface area contributed by atoms with Crippen molar-refractivity contribution >= 4 is 17.6 Å². The number of aliphatic carboxylic acids is 1. The van der Waals surface area contributed by atoms with Crippen LogP contribution in [0.5, 0.6) is 5.75 Å². The number of hydrogen-bond acceptors (Lipinski definition) is 5. The van der Waals surface area contributed by atoms with Crippen molar-refractivity contribution in [1.29, 1.82) is 0 Å². The number of carbonyl (C=O) groups is 2. The molecule has 7 heteroatoms. The maximum atomic E-state index is 12.6. The molecular formula is C18H20N2O5. The van der Waals surface area contributed by atoms with Gasteiger partial charge in [0.2, 0.25) is 0 Å². The first-order valence-corrected chi connectivity index (χ1v) is 8.28. The van der Waals surface area contributed by atoms with Gasteiger partial charge in [-0.3, -0.25) is 4.79 Å². The fourth-order valence-electron chi connectivity index (χ4n) is 2.93. The number of aromatic nitrogens is 1. The quantitative estimate of drug-likeness (QED) is 0.809. The molecule has 25 heavy (non-hydrogen) atoms. The van der Waals surface area contributed by atoms with E-state index in [0.29, 0.717) is 17.1 Å². The second-order valence-electron chi connectivity index (χ2n) is 6.11. The minimum Gasteiger partial charge on any atom is -0.482 e. The van der Waals surface area contributed by atoms with Gasteiger partial charge in [0.25, 0.3) is 5.91 Å². The van der Waals surface area contributed by atoms with Crippen LogP contribution in [0.15, 0.2) is 22.7 Å². The zero-order valence-electron chi connectivity index (χ0n) is 14.0. The van der Waals surface area contributed by atoms with E-state index in [4.69, 9.17) is 14.4 Å². The van der Waals surface area contributed by atoms with Gasteiger partial charge >= 0.3 is 5.97 Å². The molecule has 2 aromatic rings. The highest BCUT2D eigenvalue weighted by molar-refractivity contribution is 6.04. The van der Waals surface area contributed by atoms with Gasteiger partial charge in [0, 0.05) is 17.7 Å². The third-order valence-electron chi connectivity index (χ3n) is 4.22. The molecule has 3 rings (SSSR count). The fourth-order valence-corrected chi connectivity index (χ4v) is 2.93. The summed E-state index contributed by atoms with van der Waals surface area (Å²) in [6.45, 7) is 1.41. The molecule has 0 bridgehead atoms. The van der Waals surface area contributed by atoms with E-state index in [9.17, 15) is 9.59 Å². The molecule has 0 fully saturated rings. The van der Waals surface area contributed by atoms with Gasteiger partial charge in [-0.15, -0.1) is 0 Å². The Kier molecular flexibility index (Phi) is 5.02. The predicted octanol–water partition coefficient (Wildman–Crippen LogP) is 2.97. The topological polar surface area (TPSA) is 102 Å². The van der Waals surface area contributed by atoms with Gasteiger partial charge < -0.3 is 19.7 Å². The Morgan fingerprint density at radius 1 is 1.28 bits per heavy atom. The van der Waals surface area contributed by atoms with Crippen LogP contribution >= 0.6 is 0 Å². The Balaban J connectivity index is 1.73. The number of hydrogen-bond donors (Lipinski definition) is 2. The summed E-state index contributed by atoms with van der Waals surface area (Å²) in [4.78, 5) is 23.1. The highest BCUT2D eigenvalue weighted by atomic mass is 16.5. The van der Waals surface area contributed by atoms with Crippen LogP contribution in [0.3, 0.4) is 0 Å². The third-order valence-corrected chi connectivity index (χ3v) is 4.22. The molecule has 0 saturated heterocycles. The number of benzene rings is 1. The molecule has 1 heterocycles. The molecule has 1 aromatic carbocycles. The Hall–Kier alpha value is -2.83. The molecule has 132 valence electrons. The highest BCUT2D eigenvalue weighted by Crippen LogP contribution is 2.26. The molecule has 1 aliphatic rings. The lowest BCUT2D eigenvalue weighted by molar-refractivity contribution is -0.139. The summed E-state index contributed by atoms with van der Waals surface area (Å²) in [7, 11) is 0. The van der Waals surface area contributed by atoms with Gasteiger partial charge in [-0.1, -0.05) is 11.6 Å². The molecular weight excluding hydrogens is 324 g/mol. The van der Waals surface area contributed by atoms with Gasteiger partial charge in [-0.25, -0.2) is 4.79 Å². The van der Waals surface area contributed by atoms with E-state index in [2.05, 4.69) is 10.5 Å². The van der Waals surface area contributed by atoms with Crippen LogP contribution in [-0.4, -0.2) is 28.7 Å². The highest BCUT2D eigenvalue weighted by Gasteiger charge is 2.23. The molecule has 0 atom stereocenters. The molecule has 1 amide bonds. The average Bonchev–Trinajstić information content (AvgIpc) is 2.84. The number of carbonyl (C=O) groups excluding carboxylic acids is 1. The second-order valence-corrected chi connectivity index (χ2v) is 6.11. The fraction of sp³-hybridized carbons (Fsp3) is 0.389. The summed E-state index contributed by atoms with van der Waals surface area (Å²) in [6.07, 6.45) is 4.85. The Bertz CT molecular complexity index is 797. The maximum absolute atomic E-state index is 12.6. The third kappa shape index (κ3) is 3.99. The maximum Gasteiger partial charge on any atom is 0.341 e. The van der Waals surface area contributed by atoms with Gasteiger partial charge in [-0.2, -0.15) is 0 Å². The van der Waals surface area contributed by atoms with Crippen molar-refractivity contribution in [3.05, 3.63) is 40.8 Å². The van der Waals surface area contributed by atoms with Crippen molar-refractivity contribution in [2.45, 2.75) is 39.0 Å². The molecule has 1 aliphatic carbocycles. The molecule has 7 nitrogen and oxygen atoms in total. The van der Waals surface area contributed by atoms with Gasteiger partial charge in [-0.05, 0) is 49.9 Å². The average molecular weight is 344 g/mol. The van der Waals surface area contributed by atoms with Gasteiger partial charge in [0.05, 0.1) is 0 Å². The van der Waals surface area contributed by atoms with E-state index in [-0.39, 0.29) is 5.91 Å². The standard InChI is InChI=1S/C18H20N2O5/c1-11-9-12(24-10-16(21)22)7-8-14(11)19-18(23)17-13-5-3-2-4-6-15(13)25-20-17/h7-9H,2-6,10H2,1H3,(H,19,23)(H,21,22). The van der Waals surface area contributed by atoms with Gasteiger partial charge in [0.15, 0.2) is 12.3 Å². The number of ether oxygens (including phenoxy) is 1. The minimum absolute atomic E-state index is 0.297. The van der Waals surface area contributed by atoms with E-state index in [0.717, 1.165) is 49.0 Å². The molecule has 0 saturated carbocycles. The van der Waals surface area contributed by atoms with Crippen molar-refractivity contribution < 1.29 is 24.0 Å². The second kappa shape index (κ2) is 7.38. The lowest BCUT2D eigenvalue weighted by Crippen LogP contribution is -2.15. The van der Waals surface area contributed by atoms with Crippen LogP contribution in [0.4, 0.5) is 5.69 Å². The summed E-state index contributed by atoms with van der Waals surface area (Å²) in [5, 5.41) is 15.4. The zero-order valence-corrected chi connectivity index (χ0v) is 14.0. The Morgan fingerprint density at radius 2 is 2.08 bits per heavy atom. The van der Waals surface area contributed by atoms with Crippen molar-refractivity contribution in [1.82, 2.24) is 5.16 Å². The summed E-state index contributed by atoms with van der Waals surface area (Å²) in [5.74, 6) is -0.0825. The molecule has 2 N–H and O–H groups in total. The predicted molar refractivity (Wildman–Crippen MR) is 90.0 cm³/mol. The number of carboxylic acids is 1. The number of nitrogens with zero attached hydrogens (tertiary/aromatic N) is 1. The number of aryl methyl sites for hydroxylation is 2. The van der Waals surface area contributed by atoms with Crippen LogP contribution in [0.2, 0.25) is 0 Å². The molecule has 1 aromatic heterocycles. The lowest BCUT2D eigenvalue weighted by Gasteiger charge is -2.10. The van der Waals surface area contributed by atoms with Gasteiger partial charge in [0.1, 0.15) is 11.5 Å². The summed E-state index contributed by atoms with van der Waals surface area (Å²) in [5.41, 5.74) is 2.65. The van der Waals surface area contributed by atoms with Crippen molar-refractivity contribution in [3.63, 3.8) is 0 Å². The number of carboxylic acid groups (broad SMARTS) is 1. The molecule has 0 aliphatic heterocycles.